The number of para-hydroxylation sites is 2. The van der Waals surface area contributed by atoms with Crippen LogP contribution < -0.4 is 9.80 Å². The standard InChI is InChI=1S/C24H22N2O/c1-15-12-23-18(17-8-4-7-11-22(17)27-23)13-21(15)26-16(2)25-14-24(26,3)19-9-5-6-10-20(19)25/h4-13,16H,14H2,1-3H3/t16-,24?/m0/s1. The fourth-order valence-corrected chi connectivity index (χ4v) is 5.36. The number of benzene rings is 3. The minimum Gasteiger partial charge on any atom is -0.456 e. The highest BCUT2D eigenvalue weighted by Crippen LogP contribution is 2.53. The van der Waals surface area contributed by atoms with E-state index in [2.05, 4.69) is 79.1 Å². The molecule has 2 aliphatic rings. The van der Waals surface area contributed by atoms with Crippen LogP contribution in [0.25, 0.3) is 21.9 Å². The van der Waals surface area contributed by atoms with Gasteiger partial charge in [-0.15, -0.1) is 0 Å². The summed E-state index contributed by atoms with van der Waals surface area (Å²) in [6.07, 6.45) is 0.333. The van der Waals surface area contributed by atoms with Crippen molar-refractivity contribution in [2.45, 2.75) is 32.5 Å². The van der Waals surface area contributed by atoms with Gasteiger partial charge in [-0.3, -0.25) is 0 Å². The maximum atomic E-state index is 6.09. The summed E-state index contributed by atoms with van der Waals surface area (Å²) in [5, 5.41) is 2.39. The van der Waals surface area contributed by atoms with Crippen molar-refractivity contribution in [2.24, 2.45) is 0 Å². The van der Waals surface area contributed by atoms with Crippen molar-refractivity contribution in [3.63, 3.8) is 0 Å². The molecule has 3 heterocycles. The summed E-state index contributed by atoms with van der Waals surface area (Å²) < 4.78 is 6.09. The molecule has 3 heteroatoms. The van der Waals surface area contributed by atoms with E-state index in [-0.39, 0.29) is 5.54 Å². The molecule has 0 spiro atoms. The number of fused-ring (bicyclic) bond motifs is 8. The topological polar surface area (TPSA) is 19.6 Å². The molecule has 2 atom stereocenters. The zero-order chi connectivity index (χ0) is 18.3. The van der Waals surface area contributed by atoms with Crippen LogP contribution in [0.15, 0.2) is 65.1 Å². The molecule has 6 rings (SSSR count). The molecule has 0 aliphatic carbocycles. The van der Waals surface area contributed by atoms with Crippen LogP contribution in [0, 0.1) is 6.92 Å². The Morgan fingerprint density at radius 2 is 1.70 bits per heavy atom. The van der Waals surface area contributed by atoms with Crippen molar-refractivity contribution < 1.29 is 4.42 Å². The molecule has 0 amide bonds. The molecule has 1 saturated heterocycles. The van der Waals surface area contributed by atoms with Crippen LogP contribution in [0.1, 0.15) is 25.0 Å². The number of anilines is 2. The van der Waals surface area contributed by atoms with Crippen LogP contribution in [0.3, 0.4) is 0 Å². The first kappa shape index (κ1) is 15.2. The predicted octanol–water partition coefficient (Wildman–Crippen LogP) is 5.80. The Bertz CT molecular complexity index is 1220. The first-order chi connectivity index (χ1) is 13.1. The number of furan rings is 1. The Morgan fingerprint density at radius 1 is 0.926 bits per heavy atom. The molecule has 3 nitrogen and oxygen atoms in total. The molecular weight excluding hydrogens is 332 g/mol. The van der Waals surface area contributed by atoms with Gasteiger partial charge in [-0.1, -0.05) is 36.4 Å². The number of aryl methyl sites for hydroxylation is 1. The molecule has 3 aromatic carbocycles. The van der Waals surface area contributed by atoms with E-state index < -0.39 is 0 Å². The van der Waals surface area contributed by atoms with Crippen molar-refractivity contribution in [3.8, 4) is 0 Å². The molecule has 1 aromatic heterocycles. The van der Waals surface area contributed by atoms with Crippen molar-refractivity contribution in [1.82, 2.24) is 0 Å². The van der Waals surface area contributed by atoms with Gasteiger partial charge in [0.1, 0.15) is 11.2 Å². The van der Waals surface area contributed by atoms with E-state index in [0.717, 1.165) is 17.7 Å². The second-order valence-corrected chi connectivity index (χ2v) is 8.15. The molecular formula is C24H22N2O. The fourth-order valence-electron chi connectivity index (χ4n) is 5.36. The van der Waals surface area contributed by atoms with Gasteiger partial charge in [-0.05, 0) is 50.6 Å². The molecule has 0 N–H and O–H groups in total. The summed E-state index contributed by atoms with van der Waals surface area (Å²) in [7, 11) is 0. The van der Waals surface area contributed by atoms with Crippen molar-refractivity contribution >= 4 is 33.3 Å². The van der Waals surface area contributed by atoms with E-state index >= 15 is 0 Å². The summed E-state index contributed by atoms with van der Waals surface area (Å²) >= 11 is 0. The number of hydrogen-bond acceptors (Lipinski definition) is 3. The summed E-state index contributed by atoms with van der Waals surface area (Å²) in [5.74, 6) is 0. The first-order valence-electron chi connectivity index (χ1n) is 9.65. The lowest BCUT2D eigenvalue weighted by Gasteiger charge is -2.43. The van der Waals surface area contributed by atoms with Crippen LogP contribution in [0.5, 0.6) is 0 Å². The molecule has 2 bridgehead atoms. The lowest BCUT2D eigenvalue weighted by Crippen LogP contribution is -2.47. The van der Waals surface area contributed by atoms with Gasteiger partial charge in [0.15, 0.2) is 0 Å². The lowest BCUT2D eigenvalue weighted by atomic mass is 9.90. The molecule has 1 unspecified atom stereocenters. The smallest absolute Gasteiger partial charge is 0.135 e. The second kappa shape index (κ2) is 4.86. The Kier molecular flexibility index (Phi) is 2.73. The third kappa shape index (κ3) is 1.77. The first-order valence-corrected chi connectivity index (χ1v) is 9.65. The third-order valence-corrected chi connectivity index (χ3v) is 6.58. The Morgan fingerprint density at radius 3 is 2.59 bits per heavy atom. The van der Waals surface area contributed by atoms with Crippen molar-refractivity contribution in [2.75, 3.05) is 16.3 Å². The van der Waals surface area contributed by atoms with E-state index in [0.29, 0.717) is 6.17 Å². The van der Waals surface area contributed by atoms with Gasteiger partial charge in [0.05, 0.1) is 11.7 Å². The number of nitrogens with zero attached hydrogens (tertiary/aromatic N) is 2. The van der Waals surface area contributed by atoms with Crippen molar-refractivity contribution in [1.29, 1.82) is 0 Å². The average Bonchev–Trinajstić information content (AvgIpc) is 3.26. The van der Waals surface area contributed by atoms with Crippen LogP contribution in [-0.4, -0.2) is 12.7 Å². The van der Waals surface area contributed by atoms with Crippen LogP contribution in [-0.2, 0) is 5.54 Å². The minimum atomic E-state index is -0.00597. The van der Waals surface area contributed by atoms with Gasteiger partial charge >= 0.3 is 0 Å². The molecule has 0 saturated carbocycles. The molecule has 2 aliphatic heterocycles. The zero-order valence-corrected chi connectivity index (χ0v) is 15.9. The van der Waals surface area contributed by atoms with E-state index in [9.17, 15) is 0 Å². The number of rotatable bonds is 1. The normalized spacial score (nSPS) is 23.6. The fraction of sp³-hybridized carbons (Fsp3) is 0.250. The largest absolute Gasteiger partial charge is 0.456 e. The molecule has 4 aromatic rings. The molecule has 0 radical (unpaired) electrons. The zero-order valence-electron chi connectivity index (χ0n) is 15.9. The summed E-state index contributed by atoms with van der Waals surface area (Å²) in [5.41, 5.74) is 7.31. The minimum absolute atomic E-state index is 0.00597. The Balaban J connectivity index is 1.60. The Labute approximate surface area is 158 Å². The van der Waals surface area contributed by atoms with E-state index in [4.69, 9.17) is 4.42 Å². The molecule has 27 heavy (non-hydrogen) atoms. The van der Waals surface area contributed by atoms with E-state index in [1.54, 1.807) is 0 Å². The highest BCUT2D eigenvalue weighted by molar-refractivity contribution is 6.06. The summed E-state index contributed by atoms with van der Waals surface area (Å²) in [6, 6.07) is 21.7. The maximum absolute atomic E-state index is 6.09. The van der Waals surface area contributed by atoms with Gasteiger partial charge in [-0.25, -0.2) is 0 Å². The van der Waals surface area contributed by atoms with E-state index in [1.807, 2.05) is 12.1 Å². The molecule has 134 valence electrons. The van der Waals surface area contributed by atoms with Gasteiger partial charge in [0.25, 0.3) is 0 Å². The predicted molar refractivity (Wildman–Crippen MR) is 112 cm³/mol. The van der Waals surface area contributed by atoms with Gasteiger partial charge in [0.2, 0.25) is 0 Å². The SMILES string of the molecule is Cc1cc2oc3ccccc3c2cc1N1[C@@H](C)N2CC1(C)c1ccccc12. The van der Waals surface area contributed by atoms with E-state index in [1.165, 1.54) is 33.3 Å². The monoisotopic (exact) mass is 354 g/mol. The van der Waals surface area contributed by atoms with Crippen LogP contribution >= 0.6 is 0 Å². The maximum Gasteiger partial charge on any atom is 0.135 e. The highest BCUT2D eigenvalue weighted by atomic mass is 16.3. The second-order valence-electron chi connectivity index (χ2n) is 8.15. The lowest BCUT2D eigenvalue weighted by molar-refractivity contribution is 0.511. The highest BCUT2D eigenvalue weighted by Gasteiger charge is 2.54. The van der Waals surface area contributed by atoms with Crippen LogP contribution in [0.4, 0.5) is 11.4 Å². The summed E-state index contributed by atoms with van der Waals surface area (Å²) in [4.78, 5) is 5.14. The van der Waals surface area contributed by atoms with Crippen molar-refractivity contribution in [3.05, 3.63) is 71.8 Å². The number of hydrogen-bond donors (Lipinski definition) is 0. The third-order valence-electron chi connectivity index (χ3n) is 6.58. The summed E-state index contributed by atoms with van der Waals surface area (Å²) in [6.45, 7) is 7.94. The van der Waals surface area contributed by atoms with Gasteiger partial charge in [-0.2, -0.15) is 0 Å². The average molecular weight is 354 g/mol. The van der Waals surface area contributed by atoms with Crippen LogP contribution in [0.2, 0.25) is 0 Å². The molecule has 1 fully saturated rings. The Hall–Kier alpha value is -2.94. The quantitative estimate of drug-likeness (QED) is 0.431. The van der Waals surface area contributed by atoms with Gasteiger partial charge in [0, 0.05) is 34.3 Å². The van der Waals surface area contributed by atoms with Gasteiger partial charge < -0.3 is 14.2 Å².